The highest BCUT2D eigenvalue weighted by Gasteiger charge is 2.37. The van der Waals surface area contributed by atoms with Crippen molar-refractivity contribution in [2.24, 2.45) is 0 Å². The number of carbonyl (C=O) groups is 1. The minimum Gasteiger partial charge on any atom is -0.335 e. The molecule has 1 aliphatic rings. The number of nitrogens with one attached hydrogen (secondary N) is 1. The van der Waals surface area contributed by atoms with E-state index in [4.69, 9.17) is 0 Å². The van der Waals surface area contributed by atoms with Crippen molar-refractivity contribution in [3.8, 4) is 0 Å². The van der Waals surface area contributed by atoms with Gasteiger partial charge >= 0.3 is 6.03 Å². The summed E-state index contributed by atoms with van der Waals surface area (Å²) in [5.74, 6) is 0. The molecule has 0 aliphatic heterocycles. The van der Waals surface area contributed by atoms with Crippen LogP contribution >= 0.6 is 0 Å². The lowest BCUT2D eigenvalue weighted by Gasteiger charge is -2.34. The maximum Gasteiger partial charge on any atom is 0.316 e. The molecule has 1 saturated carbocycles. The van der Waals surface area contributed by atoms with Gasteiger partial charge in [0.05, 0.1) is 6.54 Å². The number of alkyl halides is 1. The molecule has 4 heteroatoms. The van der Waals surface area contributed by atoms with Crippen molar-refractivity contribution < 1.29 is 9.18 Å². The zero-order valence-corrected chi connectivity index (χ0v) is 7.56. The zero-order valence-electron chi connectivity index (χ0n) is 7.56. The van der Waals surface area contributed by atoms with E-state index in [2.05, 4.69) is 5.32 Å². The zero-order chi connectivity index (χ0) is 9.19. The summed E-state index contributed by atoms with van der Waals surface area (Å²) in [4.78, 5) is 12.4. The van der Waals surface area contributed by atoms with Gasteiger partial charge in [-0.25, -0.2) is 9.18 Å². The van der Waals surface area contributed by atoms with E-state index in [-0.39, 0.29) is 12.6 Å². The number of nitrogens with zero attached hydrogens (tertiary/aromatic N) is 1. The fraction of sp³-hybridized carbons (Fsp3) is 0.875. The highest BCUT2D eigenvalue weighted by atomic mass is 19.1. The maximum atomic E-state index is 13.3. The van der Waals surface area contributed by atoms with Crippen LogP contribution in [-0.4, -0.2) is 37.2 Å². The Morgan fingerprint density at radius 3 is 2.50 bits per heavy atom. The Hall–Kier alpha value is -0.800. The second-order valence-corrected chi connectivity index (χ2v) is 3.56. The quantitative estimate of drug-likeness (QED) is 0.669. The van der Waals surface area contributed by atoms with Crippen molar-refractivity contribution >= 4 is 6.03 Å². The van der Waals surface area contributed by atoms with Crippen LogP contribution in [0.3, 0.4) is 0 Å². The Labute approximate surface area is 71.9 Å². The first-order chi connectivity index (χ1) is 5.53. The van der Waals surface area contributed by atoms with Crippen LogP contribution in [0.4, 0.5) is 9.18 Å². The molecule has 0 aromatic heterocycles. The van der Waals surface area contributed by atoms with E-state index in [1.807, 2.05) is 0 Å². The van der Waals surface area contributed by atoms with E-state index in [0.29, 0.717) is 12.8 Å². The number of hydrogen-bond acceptors (Lipinski definition) is 1. The molecular formula is C8H15FN2O. The lowest BCUT2D eigenvalue weighted by atomic mass is 9.82. The SMILES string of the molecule is CN(C)C(=O)NCC1(F)CCC1. The first-order valence-corrected chi connectivity index (χ1v) is 4.18. The van der Waals surface area contributed by atoms with E-state index in [1.165, 1.54) is 4.90 Å². The lowest BCUT2D eigenvalue weighted by molar-refractivity contribution is 0.0646. The van der Waals surface area contributed by atoms with Crippen molar-refractivity contribution in [2.75, 3.05) is 20.6 Å². The normalized spacial score (nSPS) is 19.6. The number of urea groups is 1. The average Bonchev–Trinajstić information content (AvgIpc) is 1.96. The van der Waals surface area contributed by atoms with Crippen molar-refractivity contribution in [1.29, 1.82) is 0 Å². The molecule has 1 aliphatic carbocycles. The van der Waals surface area contributed by atoms with Gasteiger partial charge in [-0.2, -0.15) is 0 Å². The Morgan fingerprint density at radius 2 is 2.17 bits per heavy atom. The molecule has 1 rings (SSSR count). The molecule has 3 nitrogen and oxygen atoms in total. The number of rotatable bonds is 2. The fourth-order valence-electron chi connectivity index (χ4n) is 1.13. The van der Waals surface area contributed by atoms with Crippen LogP contribution in [0.5, 0.6) is 0 Å². The molecule has 0 bridgehead atoms. The van der Waals surface area contributed by atoms with Gasteiger partial charge in [0.1, 0.15) is 5.67 Å². The lowest BCUT2D eigenvalue weighted by Crippen LogP contribution is -2.47. The number of carbonyl (C=O) groups excluding carboxylic acids is 1. The highest BCUT2D eigenvalue weighted by molar-refractivity contribution is 5.73. The third-order valence-corrected chi connectivity index (χ3v) is 2.21. The predicted molar refractivity (Wildman–Crippen MR) is 44.8 cm³/mol. The Balaban J connectivity index is 2.21. The molecule has 0 atom stereocenters. The van der Waals surface area contributed by atoms with Gasteiger partial charge in [-0.15, -0.1) is 0 Å². The molecule has 12 heavy (non-hydrogen) atoms. The van der Waals surface area contributed by atoms with E-state index in [0.717, 1.165) is 6.42 Å². The molecule has 0 aromatic carbocycles. The topological polar surface area (TPSA) is 32.3 Å². The van der Waals surface area contributed by atoms with Crippen molar-refractivity contribution in [2.45, 2.75) is 24.9 Å². The standard InChI is InChI=1S/C8H15FN2O/c1-11(2)7(12)10-6-8(9)4-3-5-8/h3-6H2,1-2H3,(H,10,12). The molecule has 0 heterocycles. The summed E-state index contributed by atoms with van der Waals surface area (Å²) in [7, 11) is 3.28. The fourth-order valence-corrected chi connectivity index (χ4v) is 1.13. The summed E-state index contributed by atoms with van der Waals surface area (Å²) < 4.78 is 13.3. The summed E-state index contributed by atoms with van der Waals surface area (Å²) >= 11 is 0. The molecule has 0 aromatic rings. The largest absolute Gasteiger partial charge is 0.335 e. The van der Waals surface area contributed by atoms with Crippen LogP contribution in [0.2, 0.25) is 0 Å². The van der Waals surface area contributed by atoms with Gasteiger partial charge in [-0.05, 0) is 19.3 Å². The smallest absolute Gasteiger partial charge is 0.316 e. The molecule has 2 amide bonds. The molecule has 1 fully saturated rings. The van der Waals surface area contributed by atoms with Crippen LogP contribution in [-0.2, 0) is 0 Å². The van der Waals surface area contributed by atoms with E-state index in [1.54, 1.807) is 14.1 Å². The first-order valence-electron chi connectivity index (χ1n) is 4.18. The van der Waals surface area contributed by atoms with Gasteiger partial charge in [0.2, 0.25) is 0 Å². The van der Waals surface area contributed by atoms with Crippen molar-refractivity contribution in [1.82, 2.24) is 10.2 Å². The van der Waals surface area contributed by atoms with Crippen molar-refractivity contribution in [3.63, 3.8) is 0 Å². The second-order valence-electron chi connectivity index (χ2n) is 3.56. The minimum absolute atomic E-state index is 0.157. The van der Waals surface area contributed by atoms with Crippen LogP contribution in [0.25, 0.3) is 0 Å². The van der Waals surface area contributed by atoms with Gasteiger partial charge in [0, 0.05) is 14.1 Å². The number of amides is 2. The maximum absolute atomic E-state index is 13.3. The van der Waals surface area contributed by atoms with E-state index < -0.39 is 5.67 Å². The second kappa shape index (κ2) is 3.29. The third-order valence-electron chi connectivity index (χ3n) is 2.21. The molecular weight excluding hydrogens is 159 g/mol. The van der Waals surface area contributed by atoms with Crippen LogP contribution < -0.4 is 5.32 Å². The highest BCUT2D eigenvalue weighted by Crippen LogP contribution is 2.34. The Morgan fingerprint density at radius 1 is 1.58 bits per heavy atom. The van der Waals surface area contributed by atoms with Crippen LogP contribution in [0.15, 0.2) is 0 Å². The molecule has 0 unspecified atom stereocenters. The van der Waals surface area contributed by atoms with E-state index in [9.17, 15) is 9.18 Å². The Bertz CT molecular complexity index is 178. The number of hydrogen-bond donors (Lipinski definition) is 1. The van der Waals surface area contributed by atoms with Crippen LogP contribution in [0, 0.1) is 0 Å². The summed E-state index contributed by atoms with van der Waals surface area (Å²) in [6.45, 7) is 0.157. The average molecular weight is 174 g/mol. The van der Waals surface area contributed by atoms with Gasteiger partial charge in [-0.3, -0.25) is 0 Å². The van der Waals surface area contributed by atoms with E-state index >= 15 is 0 Å². The third kappa shape index (κ3) is 2.09. The predicted octanol–water partition coefficient (Wildman–Crippen LogP) is 1.15. The molecule has 0 spiro atoms. The van der Waals surface area contributed by atoms with Gasteiger partial charge < -0.3 is 10.2 Å². The molecule has 0 saturated heterocycles. The van der Waals surface area contributed by atoms with Crippen LogP contribution in [0.1, 0.15) is 19.3 Å². The summed E-state index contributed by atoms with van der Waals surface area (Å²) in [6.07, 6.45) is 2.11. The van der Waals surface area contributed by atoms with Crippen molar-refractivity contribution in [3.05, 3.63) is 0 Å². The summed E-state index contributed by atoms with van der Waals surface area (Å²) in [6, 6.07) is -0.223. The monoisotopic (exact) mass is 174 g/mol. The minimum atomic E-state index is -1.12. The molecule has 70 valence electrons. The van der Waals surface area contributed by atoms with Gasteiger partial charge in [-0.1, -0.05) is 0 Å². The van der Waals surface area contributed by atoms with Gasteiger partial charge in [0.15, 0.2) is 0 Å². The first kappa shape index (κ1) is 9.29. The number of halogens is 1. The Kier molecular flexibility index (Phi) is 2.55. The van der Waals surface area contributed by atoms with Gasteiger partial charge in [0.25, 0.3) is 0 Å². The summed E-state index contributed by atoms with van der Waals surface area (Å²) in [5, 5.41) is 2.54. The molecule has 0 radical (unpaired) electrons. The molecule has 1 N–H and O–H groups in total. The summed E-state index contributed by atoms with van der Waals surface area (Å²) in [5.41, 5.74) is -1.12.